The Balaban J connectivity index is 1.42. The van der Waals surface area contributed by atoms with Crippen LogP contribution in [0.1, 0.15) is 35.8 Å². The first-order valence-corrected chi connectivity index (χ1v) is 8.67. The van der Waals surface area contributed by atoms with Crippen LogP contribution in [0.2, 0.25) is 0 Å². The van der Waals surface area contributed by atoms with Crippen molar-refractivity contribution < 1.29 is 14.1 Å². The van der Waals surface area contributed by atoms with Crippen molar-refractivity contribution in [2.45, 2.75) is 32.3 Å². The molecule has 2 aromatic heterocycles. The van der Waals surface area contributed by atoms with Crippen LogP contribution in [0, 0.1) is 6.92 Å². The fraction of sp³-hybridized carbons (Fsp3) is 0.529. The molecule has 1 amide bonds. The summed E-state index contributed by atoms with van der Waals surface area (Å²) in [5.74, 6) is 1.98. The number of carbonyl (C=O) groups is 1. The van der Waals surface area contributed by atoms with Gasteiger partial charge in [-0.1, -0.05) is 5.16 Å². The smallest absolute Gasteiger partial charge is 0.295 e. The molecule has 2 aromatic rings. The van der Waals surface area contributed by atoms with E-state index in [1.807, 2.05) is 12.1 Å². The topological polar surface area (TPSA) is 84.6 Å². The second-order valence-electron chi connectivity index (χ2n) is 6.44. The van der Waals surface area contributed by atoms with Gasteiger partial charge in [-0.15, -0.1) is 0 Å². The van der Waals surface area contributed by atoms with Gasteiger partial charge < -0.3 is 19.1 Å². The van der Waals surface area contributed by atoms with E-state index in [1.54, 1.807) is 18.0 Å². The van der Waals surface area contributed by atoms with Gasteiger partial charge in [-0.3, -0.25) is 4.79 Å². The molecule has 2 aliphatic heterocycles. The van der Waals surface area contributed by atoms with Crippen LogP contribution in [0.4, 0.5) is 5.82 Å². The summed E-state index contributed by atoms with van der Waals surface area (Å²) in [4.78, 5) is 24.9. The minimum absolute atomic E-state index is 0.0532. The van der Waals surface area contributed by atoms with E-state index >= 15 is 0 Å². The minimum Gasteiger partial charge on any atom is -0.485 e. The van der Waals surface area contributed by atoms with Gasteiger partial charge in [-0.2, -0.15) is 4.98 Å². The third-order valence-corrected chi connectivity index (χ3v) is 4.60. The van der Waals surface area contributed by atoms with Crippen molar-refractivity contribution in [3.05, 3.63) is 30.0 Å². The average Bonchev–Trinajstić information content (AvgIpc) is 3.36. The van der Waals surface area contributed by atoms with Crippen LogP contribution in [-0.4, -0.2) is 58.2 Å². The summed E-state index contributed by atoms with van der Waals surface area (Å²) in [6.07, 6.45) is 4.89. The molecule has 0 saturated carbocycles. The maximum absolute atomic E-state index is 12.4. The zero-order valence-corrected chi connectivity index (χ0v) is 14.2. The molecule has 0 unspecified atom stereocenters. The van der Waals surface area contributed by atoms with Crippen LogP contribution >= 0.6 is 0 Å². The van der Waals surface area contributed by atoms with Crippen molar-refractivity contribution in [1.82, 2.24) is 20.0 Å². The van der Waals surface area contributed by atoms with Crippen LogP contribution in [0.5, 0.6) is 5.75 Å². The van der Waals surface area contributed by atoms with Gasteiger partial charge in [0, 0.05) is 39.2 Å². The van der Waals surface area contributed by atoms with E-state index in [1.165, 1.54) is 12.8 Å². The highest BCUT2D eigenvalue weighted by Crippen LogP contribution is 2.30. The quantitative estimate of drug-likeness (QED) is 0.835. The van der Waals surface area contributed by atoms with Crippen molar-refractivity contribution in [3.63, 3.8) is 0 Å². The number of carbonyl (C=O) groups excluding carboxylic acids is 1. The maximum atomic E-state index is 12.4. The van der Waals surface area contributed by atoms with Gasteiger partial charge >= 0.3 is 0 Å². The van der Waals surface area contributed by atoms with E-state index in [-0.39, 0.29) is 17.8 Å². The molecule has 4 rings (SSSR count). The van der Waals surface area contributed by atoms with Gasteiger partial charge in [0.05, 0.1) is 6.54 Å². The molecule has 2 saturated heterocycles. The molecule has 2 fully saturated rings. The fourth-order valence-electron chi connectivity index (χ4n) is 3.36. The number of nitrogens with zero attached hydrogens (tertiary/aromatic N) is 5. The molecular formula is C17H21N5O3. The summed E-state index contributed by atoms with van der Waals surface area (Å²) in [6.45, 7) is 4.83. The molecule has 8 heteroatoms. The molecule has 0 N–H and O–H groups in total. The van der Waals surface area contributed by atoms with Crippen molar-refractivity contribution >= 4 is 11.7 Å². The second-order valence-corrected chi connectivity index (χ2v) is 6.44. The SMILES string of the molecule is Cc1nc(C(=O)N2CC[C@@H](Oc3cccnc3N3CCCC3)C2)no1. The van der Waals surface area contributed by atoms with E-state index in [2.05, 4.69) is 20.0 Å². The Bertz CT molecular complexity index is 756. The molecule has 4 heterocycles. The third kappa shape index (κ3) is 3.29. The summed E-state index contributed by atoms with van der Waals surface area (Å²) < 4.78 is 11.1. The van der Waals surface area contributed by atoms with Crippen molar-refractivity contribution in [2.75, 3.05) is 31.1 Å². The summed E-state index contributed by atoms with van der Waals surface area (Å²) in [6, 6.07) is 3.84. The Kier molecular flexibility index (Phi) is 4.25. The maximum Gasteiger partial charge on any atom is 0.295 e. The van der Waals surface area contributed by atoms with E-state index in [4.69, 9.17) is 9.26 Å². The molecule has 2 aliphatic rings. The van der Waals surface area contributed by atoms with E-state index in [0.29, 0.717) is 19.0 Å². The zero-order chi connectivity index (χ0) is 17.2. The molecule has 0 aromatic carbocycles. The predicted octanol–water partition coefficient (Wildman–Crippen LogP) is 1.67. The first kappa shape index (κ1) is 15.9. The summed E-state index contributed by atoms with van der Waals surface area (Å²) in [7, 11) is 0. The number of hydrogen-bond acceptors (Lipinski definition) is 7. The molecule has 0 radical (unpaired) electrons. The Labute approximate surface area is 145 Å². The molecule has 1 atom stereocenters. The largest absolute Gasteiger partial charge is 0.485 e. The zero-order valence-electron chi connectivity index (χ0n) is 14.2. The standard InChI is InChI=1S/C17H21N5O3/c1-12-19-15(20-25-12)17(23)22-10-6-13(11-22)24-14-5-4-7-18-16(14)21-8-2-3-9-21/h4-5,7,13H,2-3,6,8-11H2,1H3/t13-/m1/s1. The third-order valence-electron chi connectivity index (χ3n) is 4.60. The number of amides is 1. The Hall–Kier alpha value is -2.64. The number of pyridine rings is 1. The number of rotatable bonds is 4. The highest BCUT2D eigenvalue weighted by molar-refractivity contribution is 5.90. The van der Waals surface area contributed by atoms with Gasteiger partial charge in [0.15, 0.2) is 11.6 Å². The fourth-order valence-corrected chi connectivity index (χ4v) is 3.36. The van der Waals surface area contributed by atoms with Crippen molar-refractivity contribution in [3.8, 4) is 5.75 Å². The van der Waals surface area contributed by atoms with E-state index < -0.39 is 0 Å². The lowest BCUT2D eigenvalue weighted by molar-refractivity contribution is 0.0757. The van der Waals surface area contributed by atoms with E-state index in [9.17, 15) is 4.79 Å². The van der Waals surface area contributed by atoms with Gasteiger partial charge in [0.1, 0.15) is 6.10 Å². The molecule has 0 bridgehead atoms. The van der Waals surface area contributed by atoms with E-state index in [0.717, 1.165) is 31.1 Å². The number of hydrogen-bond donors (Lipinski definition) is 0. The molecule has 8 nitrogen and oxygen atoms in total. The normalized spacial score (nSPS) is 20.3. The molecule has 132 valence electrons. The predicted molar refractivity (Wildman–Crippen MR) is 89.7 cm³/mol. The lowest BCUT2D eigenvalue weighted by atomic mass is 10.3. The summed E-state index contributed by atoms with van der Waals surface area (Å²) >= 11 is 0. The Morgan fingerprint density at radius 3 is 2.92 bits per heavy atom. The number of ether oxygens (including phenoxy) is 1. The molecular weight excluding hydrogens is 322 g/mol. The first-order valence-electron chi connectivity index (χ1n) is 8.67. The van der Waals surface area contributed by atoms with Gasteiger partial charge in [0.25, 0.3) is 11.7 Å². The van der Waals surface area contributed by atoms with Crippen LogP contribution in [-0.2, 0) is 0 Å². The average molecular weight is 343 g/mol. The lowest BCUT2D eigenvalue weighted by Gasteiger charge is -2.22. The number of aryl methyl sites for hydroxylation is 1. The van der Waals surface area contributed by atoms with Gasteiger partial charge in [0.2, 0.25) is 5.89 Å². The van der Waals surface area contributed by atoms with Crippen LogP contribution in [0.25, 0.3) is 0 Å². The van der Waals surface area contributed by atoms with Crippen molar-refractivity contribution in [2.24, 2.45) is 0 Å². The van der Waals surface area contributed by atoms with Crippen molar-refractivity contribution in [1.29, 1.82) is 0 Å². The van der Waals surface area contributed by atoms with Gasteiger partial charge in [-0.05, 0) is 25.0 Å². The molecule has 0 spiro atoms. The highest BCUT2D eigenvalue weighted by Gasteiger charge is 2.31. The number of anilines is 1. The second kappa shape index (κ2) is 6.70. The van der Waals surface area contributed by atoms with Crippen LogP contribution < -0.4 is 9.64 Å². The lowest BCUT2D eigenvalue weighted by Crippen LogP contribution is -2.32. The number of likely N-dealkylation sites (tertiary alicyclic amines) is 1. The Morgan fingerprint density at radius 1 is 1.32 bits per heavy atom. The Morgan fingerprint density at radius 2 is 2.16 bits per heavy atom. The highest BCUT2D eigenvalue weighted by atomic mass is 16.5. The van der Waals surface area contributed by atoms with Crippen LogP contribution in [0.15, 0.2) is 22.9 Å². The van der Waals surface area contributed by atoms with Gasteiger partial charge in [-0.25, -0.2) is 4.98 Å². The summed E-state index contributed by atoms with van der Waals surface area (Å²) in [5.41, 5.74) is 0. The summed E-state index contributed by atoms with van der Waals surface area (Å²) in [5, 5.41) is 3.70. The number of aromatic nitrogens is 3. The van der Waals surface area contributed by atoms with Crippen LogP contribution in [0.3, 0.4) is 0 Å². The first-order chi connectivity index (χ1) is 12.2. The monoisotopic (exact) mass is 343 g/mol. The minimum atomic E-state index is -0.214. The molecule has 25 heavy (non-hydrogen) atoms. The molecule has 0 aliphatic carbocycles.